The first-order valence-electron chi connectivity index (χ1n) is 14.2. The smallest absolute Gasteiger partial charge is 0.413 e. The highest BCUT2D eigenvalue weighted by atomic mass is 19.2. The van der Waals surface area contributed by atoms with E-state index in [-0.39, 0.29) is 29.5 Å². The second-order valence-corrected chi connectivity index (χ2v) is 11.7. The summed E-state index contributed by atoms with van der Waals surface area (Å²) < 4.78 is 38.7. The van der Waals surface area contributed by atoms with E-state index < -0.39 is 41.1 Å². The van der Waals surface area contributed by atoms with Gasteiger partial charge in [0.1, 0.15) is 5.75 Å². The van der Waals surface area contributed by atoms with E-state index in [1.54, 1.807) is 32.0 Å². The van der Waals surface area contributed by atoms with Crippen molar-refractivity contribution in [2.45, 2.75) is 52.2 Å². The summed E-state index contributed by atoms with van der Waals surface area (Å²) in [6, 6.07) is 17.3. The van der Waals surface area contributed by atoms with E-state index in [1.807, 2.05) is 51.1 Å². The number of nitrogens with one attached hydrogen (secondary N) is 2. The Bertz CT molecular complexity index is 1780. The van der Waals surface area contributed by atoms with E-state index in [1.165, 1.54) is 17.2 Å². The number of esters is 1. The predicted octanol–water partition coefficient (Wildman–Crippen LogP) is 7.02. The Balaban J connectivity index is 1.51. The maximum Gasteiger partial charge on any atom is 0.413 e. The van der Waals surface area contributed by atoms with Gasteiger partial charge in [-0.15, -0.1) is 0 Å². The van der Waals surface area contributed by atoms with Gasteiger partial charge in [-0.1, -0.05) is 44.2 Å². The van der Waals surface area contributed by atoms with Crippen molar-refractivity contribution in [2.75, 3.05) is 6.54 Å². The van der Waals surface area contributed by atoms with Crippen LogP contribution < -0.4 is 10.1 Å². The summed E-state index contributed by atoms with van der Waals surface area (Å²) in [5.41, 5.74) is 2.01. The van der Waals surface area contributed by atoms with E-state index in [0.29, 0.717) is 11.2 Å². The largest absolute Gasteiger partial charge is 0.459 e. The van der Waals surface area contributed by atoms with Crippen LogP contribution in [0.25, 0.3) is 16.5 Å². The summed E-state index contributed by atoms with van der Waals surface area (Å²) in [4.78, 5) is 44.2. The van der Waals surface area contributed by atoms with Crippen molar-refractivity contribution >= 4 is 34.4 Å². The molecular weight excluding hydrogens is 568 g/mol. The zero-order valence-corrected chi connectivity index (χ0v) is 25.0. The zero-order valence-electron chi connectivity index (χ0n) is 25.0. The number of H-pyrrole nitrogens is 1. The maximum atomic E-state index is 14.0. The van der Waals surface area contributed by atoms with E-state index in [4.69, 9.17) is 9.47 Å². The Hall–Kier alpha value is -4.99. The van der Waals surface area contributed by atoms with Crippen molar-refractivity contribution in [3.63, 3.8) is 0 Å². The van der Waals surface area contributed by atoms with Gasteiger partial charge in [0.2, 0.25) is 0 Å². The van der Waals surface area contributed by atoms with Crippen LogP contribution >= 0.6 is 0 Å². The standard InChI is InChI=1S/C34H33F2N3O5/c1-19(2)43-32(41)25-17-39(31(40)22-11-14-26(35)27(36)15-22)18-34(4,5)29-24-13-12-23(16-28(24)38-30(25)29)44-33(42)37-20(3)21-9-7-6-8-10-21/h6-17,19-20,38H,18H2,1-5H3,(H,37,42)/t20-/m0/s1. The molecule has 2 N–H and O–H groups in total. The summed E-state index contributed by atoms with van der Waals surface area (Å²) in [6.45, 7) is 9.22. The number of fused-ring (bicyclic) bond motifs is 3. The summed E-state index contributed by atoms with van der Waals surface area (Å²) in [7, 11) is 0. The minimum atomic E-state index is -1.15. The molecule has 2 heterocycles. The number of aromatic nitrogens is 1. The van der Waals surface area contributed by atoms with Gasteiger partial charge < -0.3 is 24.7 Å². The van der Waals surface area contributed by atoms with Gasteiger partial charge in [-0.3, -0.25) is 4.79 Å². The van der Waals surface area contributed by atoms with Crippen molar-refractivity contribution in [1.29, 1.82) is 0 Å². The number of aromatic amines is 1. The zero-order chi connectivity index (χ0) is 31.8. The number of ether oxygens (including phenoxy) is 2. The summed E-state index contributed by atoms with van der Waals surface area (Å²) >= 11 is 0. The summed E-state index contributed by atoms with van der Waals surface area (Å²) in [5.74, 6) is -3.20. The molecule has 0 bridgehead atoms. The molecule has 8 nitrogen and oxygen atoms in total. The number of rotatable bonds is 6. The van der Waals surface area contributed by atoms with Crippen molar-refractivity contribution in [3.8, 4) is 5.75 Å². The molecule has 0 saturated heterocycles. The number of hydrogen-bond donors (Lipinski definition) is 2. The minimum Gasteiger partial charge on any atom is -0.459 e. The first-order chi connectivity index (χ1) is 20.8. The quantitative estimate of drug-likeness (QED) is 0.231. The number of hydrogen-bond acceptors (Lipinski definition) is 5. The van der Waals surface area contributed by atoms with Crippen molar-refractivity contribution < 1.29 is 32.6 Å². The van der Waals surface area contributed by atoms with Crippen molar-refractivity contribution in [2.24, 2.45) is 0 Å². The van der Waals surface area contributed by atoms with Gasteiger partial charge in [0.15, 0.2) is 11.6 Å². The fourth-order valence-corrected chi connectivity index (χ4v) is 5.41. The Kier molecular flexibility index (Phi) is 8.27. The van der Waals surface area contributed by atoms with Crippen LogP contribution in [0.4, 0.5) is 13.6 Å². The molecule has 0 saturated carbocycles. The number of carbonyl (C=O) groups excluding carboxylic acids is 3. The second-order valence-electron chi connectivity index (χ2n) is 11.7. The lowest BCUT2D eigenvalue weighted by Gasteiger charge is -2.29. The first kappa shape index (κ1) is 30.5. The third-order valence-electron chi connectivity index (χ3n) is 7.40. The number of benzene rings is 3. The Morgan fingerprint density at radius 2 is 1.68 bits per heavy atom. The lowest BCUT2D eigenvalue weighted by atomic mass is 9.81. The highest BCUT2D eigenvalue weighted by Crippen LogP contribution is 2.41. The molecule has 10 heteroatoms. The Labute approximate surface area is 253 Å². The highest BCUT2D eigenvalue weighted by molar-refractivity contribution is 6.18. The number of halogens is 2. The van der Waals surface area contributed by atoms with E-state index >= 15 is 0 Å². The SMILES string of the molecule is CC(C)OC(=O)C1=CN(C(=O)c2ccc(F)c(F)c2)CC(C)(C)c2c1[nH]c1cc(OC(=O)N[C@@H](C)c3ccccc3)ccc21. The Morgan fingerprint density at radius 3 is 2.36 bits per heavy atom. The van der Waals surface area contributed by atoms with E-state index in [0.717, 1.165) is 28.6 Å². The van der Waals surface area contributed by atoms with Gasteiger partial charge in [0, 0.05) is 40.7 Å². The number of nitrogens with zero attached hydrogens (tertiary/aromatic N) is 1. The molecule has 2 amide bonds. The van der Waals surface area contributed by atoms with Crippen LogP contribution in [-0.4, -0.2) is 40.5 Å². The van der Waals surface area contributed by atoms with Crippen LogP contribution in [0, 0.1) is 11.6 Å². The topological polar surface area (TPSA) is 101 Å². The third-order valence-corrected chi connectivity index (χ3v) is 7.40. The normalized spacial score (nSPS) is 14.8. The summed E-state index contributed by atoms with van der Waals surface area (Å²) in [6.07, 6.45) is 0.314. The van der Waals surface area contributed by atoms with Crippen LogP contribution in [0.3, 0.4) is 0 Å². The molecule has 5 rings (SSSR count). The molecule has 1 atom stereocenters. The van der Waals surface area contributed by atoms with Gasteiger partial charge in [0.25, 0.3) is 5.91 Å². The molecule has 1 aliphatic heterocycles. The van der Waals surface area contributed by atoms with Crippen molar-refractivity contribution in [1.82, 2.24) is 15.2 Å². The third kappa shape index (κ3) is 6.20. The van der Waals surface area contributed by atoms with E-state index in [2.05, 4.69) is 10.3 Å². The second kappa shape index (κ2) is 11.9. The van der Waals surface area contributed by atoms with Crippen LogP contribution in [0.15, 0.2) is 72.9 Å². The number of amides is 2. The van der Waals surface area contributed by atoms with Gasteiger partial charge in [-0.05, 0) is 62.2 Å². The molecule has 4 aromatic rings. The lowest BCUT2D eigenvalue weighted by Crippen LogP contribution is -2.37. The average Bonchev–Trinajstić information content (AvgIpc) is 3.30. The highest BCUT2D eigenvalue weighted by Gasteiger charge is 2.38. The van der Waals surface area contributed by atoms with Gasteiger partial charge in [-0.25, -0.2) is 18.4 Å². The van der Waals surface area contributed by atoms with Crippen LogP contribution in [0.2, 0.25) is 0 Å². The summed E-state index contributed by atoms with van der Waals surface area (Å²) in [5, 5.41) is 3.57. The molecule has 3 aromatic carbocycles. The minimum absolute atomic E-state index is 0.0652. The van der Waals surface area contributed by atoms with Crippen molar-refractivity contribution in [3.05, 3.63) is 107 Å². The Morgan fingerprint density at radius 1 is 0.955 bits per heavy atom. The predicted molar refractivity (Wildman–Crippen MR) is 162 cm³/mol. The van der Waals surface area contributed by atoms with Crippen LogP contribution in [0.1, 0.15) is 67.8 Å². The van der Waals surface area contributed by atoms with Gasteiger partial charge >= 0.3 is 12.1 Å². The van der Waals surface area contributed by atoms with Gasteiger partial charge in [0.05, 0.1) is 23.4 Å². The molecule has 0 radical (unpaired) electrons. The molecule has 228 valence electrons. The van der Waals surface area contributed by atoms with Gasteiger partial charge in [-0.2, -0.15) is 0 Å². The lowest BCUT2D eigenvalue weighted by molar-refractivity contribution is -0.140. The number of carbonyl (C=O) groups is 3. The molecule has 0 aliphatic carbocycles. The average molecular weight is 602 g/mol. The monoisotopic (exact) mass is 601 g/mol. The molecule has 1 aliphatic rings. The molecule has 1 aromatic heterocycles. The molecule has 0 unspecified atom stereocenters. The van der Waals surface area contributed by atoms with Crippen LogP contribution in [0.5, 0.6) is 5.75 Å². The molecule has 44 heavy (non-hydrogen) atoms. The van der Waals surface area contributed by atoms with Crippen LogP contribution in [-0.2, 0) is 14.9 Å². The maximum absolute atomic E-state index is 14.0. The first-order valence-corrected chi connectivity index (χ1v) is 14.2. The molecule has 0 spiro atoms. The van der Waals surface area contributed by atoms with E-state index in [9.17, 15) is 23.2 Å². The molecular formula is C34H33F2N3O5. The fourth-order valence-electron chi connectivity index (χ4n) is 5.41. The molecule has 0 fully saturated rings. The fraction of sp³-hybridized carbons (Fsp3) is 0.265.